The predicted molar refractivity (Wildman–Crippen MR) is 128 cm³/mol. The third-order valence-corrected chi connectivity index (χ3v) is 8.53. The highest BCUT2D eigenvalue weighted by Crippen LogP contribution is 2.46. The number of unbranched alkanes of at least 4 members (excludes halogenated alkanes) is 1. The first kappa shape index (κ1) is 25.3. The van der Waals surface area contributed by atoms with Crippen LogP contribution in [0.5, 0.6) is 0 Å². The van der Waals surface area contributed by atoms with Crippen molar-refractivity contribution in [3.63, 3.8) is 0 Å². The number of hydrogen-bond acceptors (Lipinski definition) is 4. The van der Waals surface area contributed by atoms with Crippen molar-refractivity contribution >= 4 is 11.9 Å². The Bertz CT molecular complexity index is 636. The molecule has 0 aromatic rings. The topological polar surface area (TPSA) is 52.6 Å². The molecule has 4 heteroatoms. The van der Waals surface area contributed by atoms with Gasteiger partial charge in [0.25, 0.3) is 0 Å². The van der Waals surface area contributed by atoms with E-state index < -0.39 is 0 Å². The van der Waals surface area contributed by atoms with Crippen molar-refractivity contribution in [1.29, 1.82) is 0 Å². The summed E-state index contributed by atoms with van der Waals surface area (Å²) in [5.41, 5.74) is 0.602. The van der Waals surface area contributed by atoms with Crippen LogP contribution in [-0.2, 0) is 19.1 Å². The Hall–Kier alpha value is -1.32. The van der Waals surface area contributed by atoms with Gasteiger partial charge in [0.2, 0.25) is 0 Å². The Morgan fingerprint density at radius 3 is 1.97 bits per heavy atom. The van der Waals surface area contributed by atoms with Crippen molar-refractivity contribution in [3.8, 4) is 0 Å². The Labute approximate surface area is 195 Å². The van der Waals surface area contributed by atoms with Crippen LogP contribution in [0, 0.1) is 29.6 Å². The molecule has 0 heterocycles. The second-order valence-electron chi connectivity index (χ2n) is 10.7. The molecule has 0 saturated heterocycles. The molecule has 182 valence electrons. The fraction of sp³-hybridized carbons (Fsp3) is 0.857. The van der Waals surface area contributed by atoms with Gasteiger partial charge in [0.15, 0.2) is 0 Å². The van der Waals surface area contributed by atoms with Crippen LogP contribution in [-0.4, -0.2) is 18.5 Å². The molecule has 0 spiro atoms. The number of rotatable bonds is 9. The molecule has 0 bridgehead atoms. The van der Waals surface area contributed by atoms with Gasteiger partial charge >= 0.3 is 11.9 Å². The van der Waals surface area contributed by atoms with Gasteiger partial charge in [-0.15, -0.1) is 0 Å². The zero-order chi connectivity index (χ0) is 22.9. The first-order chi connectivity index (χ1) is 15.5. The standard InChI is InChI=1S/C28H46O4/c1-4-6-18-31-28(30)26-17-16-25(19-27(26)32-20(3)29)24-14-12-23(13-15-24)22-10-8-21(7-5-2)9-11-22/h21-25H,4-19H2,1-3H3/t21-,22-,23?,24?,25?. The number of carbonyl (C=O) groups excluding carboxylic acids is 2. The molecule has 0 radical (unpaired) electrons. The molecule has 0 N–H and O–H groups in total. The fourth-order valence-electron chi connectivity index (χ4n) is 6.67. The third kappa shape index (κ3) is 7.09. The molecule has 3 aliphatic carbocycles. The van der Waals surface area contributed by atoms with Crippen LogP contribution in [0.3, 0.4) is 0 Å². The van der Waals surface area contributed by atoms with E-state index in [1.807, 2.05) is 0 Å². The molecule has 1 unspecified atom stereocenters. The Morgan fingerprint density at radius 2 is 1.41 bits per heavy atom. The summed E-state index contributed by atoms with van der Waals surface area (Å²) in [6, 6.07) is 0. The first-order valence-corrected chi connectivity index (χ1v) is 13.6. The molecule has 1 atom stereocenters. The zero-order valence-corrected chi connectivity index (χ0v) is 20.8. The number of carbonyl (C=O) groups is 2. The van der Waals surface area contributed by atoms with Gasteiger partial charge in [-0.25, -0.2) is 4.79 Å². The van der Waals surface area contributed by atoms with Crippen molar-refractivity contribution in [1.82, 2.24) is 0 Å². The number of allylic oxidation sites excluding steroid dienone is 1. The number of ether oxygens (including phenoxy) is 2. The number of hydrogen-bond donors (Lipinski definition) is 0. The molecule has 0 aromatic carbocycles. The average Bonchev–Trinajstić information content (AvgIpc) is 2.79. The van der Waals surface area contributed by atoms with E-state index in [1.165, 1.54) is 71.1 Å². The minimum atomic E-state index is -0.332. The Balaban J connectivity index is 1.51. The Kier molecular flexibility index (Phi) is 10.1. The molecule has 3 aliphatic rings. The van der Waals surface area contributed by atoms with Crippen LogP contribution in [0.4, 0.5) is 0 Å². The monoisotopic (exact) mass is 446 g/mol. The lowest BCUT2D eigenvalue weighted by atomic mass is 9.65. The van der Waals surface area contributed by atoms with Gasteiger partial charge in [-0.05, 0) is 87.4 Å². The van der Waals surface area contributed by atoms with Crippen LogP contribution in [0.2, 0.25) is 0 Å². The minimum Gasteiger partial charge on any atom is -0.462 e. The van der Waals surface area contributed by atoms with Crippen molar-refractivity contribution in [2.45, 2.75) is 117 Å². The van der Waals surface area contributed by atoms with Crippen molar-refractivity contribution < 1.29 is 19.1 Å². The average molecular weight is 447 g/mol. The van der Waals surface area contributed by atoms with Crippen LogP contribution in [0.25, 0.3) is 0 Å². The zero-order valence-electron chi connectivity index (χ0n) is 20.8. The lowest BCUT2D eigenvalue weighted by Gasteiger charge is -2.40. The number of esters is 2. The SMILES string of the molecule is CCCCOC(=O)C1=C(OC(C)=O)CC(C2CCC([C@H]3CC[C@H](CCC)CC3)CC2)CC1. The second kappa shape index (κ2) is 12.8. The van der Waals surface area contributed by atoms with E-state index in [0.717, 1.165) is 43.4 Å². The van der Waals surface area contributed by atoms with Gasteiger partial charge in [-0.1, -0.05) is 46.0 Å². The van der Waals surface area contributed by atoms with E-state index in [0.29, 0.717) is 36.2 Å². The van der Waals surface area contributed by atoms with E-state index in [9.17, 15) is 9.59 Å². The van der Waals surface area contributed by atoms with Crippen LogP contribution in [0.15, 0.2) is 11.3 Å². The van der Waals surface area contributed by atoms with Crippen LogP contribution >= 0.6 is 0 Å². The summed E-state index contributed by atoms with van der Waals surface area (Å²) in [5.74, 6) is 4.07. The molecule has 0 aromatic heterocycles. The maximum atomic E-state index is 12.6. The van der Waals surface area contributed by atoms with Crippen molar-refractivity contribution in [2.24, 2.45) is 29.6 Å². The van der Waals surface area contributed by atoms with Crippen LogP contribution in [0.1, 0.15) is 117 Å². The van der Waals surface area contributed by atoms with Crippen molar-refractivity contribution in [2.75, 3.05) is 6.61 Å². The fourth-order valence-corrected chi connectivity index (χ4v) is 6.67. The summed E-state index contributed by atoms with van der Waals surface area (Å²) in [6.07, 6.45) is 18.2. The van der Waals surface area contributed by atoms with Gasteiger partial charge < -0.3 is 9.47 Å². The highest BCUT2D eigenvalue weighted by atomic mass is 16.5. The maximum absolute atomic E-state index is 12.6. The minimum absolute atomic E-state index is 0.282. The smallest absolute Gasteiger partial charge is 0.337 e. The molecule has 2 saturated carbocycles. The summed E-state index contributed by atoms with van der Waals surface area (Å²) in [4.78, 5) is 24.3. The highest BCUT2D eigenvalue weighted by Gasteiger charge is 2.36. The van der Waals surface area contributed by atoms with Gasteiger partial charge in [0.05, 0.1) is 12.2 Å². The van der Waals surface area contributed by atoms with Crippen molar-refractivity contribution in [3.05, 3.63) is 11.3 Å². The molecular weight excluding hydrogens is 400 g/mol. The summed E-state index contributed by atoms with van der Waals surface area (Å²) in [5, 5.41) is 0. The Morgan fingerprint density at radius 1 is 0.812 bits per heavy atom. The normalized spacial score (nSPS) is 31.3. The van der Waals surface area contributed by atoms with Gasteiger partial charge in [-0.3, -0.25) is 4.79 Å². The summed E-state index contributed by atoms with van der Waals surface area (Å²) in [7, 11) is 0. The van der Waals surface area contributed by atoms with Gasteiger partial charge in [-0.2, -0.15) is 0 Å². The third-order valence-electron chi connectivity index (χ3n) is 8.53. The molecule has 4 nitrogen and oxygen atoms in total. The quantitative estimate of drug-likeness (QED) is 0.274. The lowest BCUT2D eigenvalue weighted by molar-refractivity contribution is -0.141. The highest BCUT2D eigenvalue weighted by molar-refractivity contribution is 5.89. The second-order valence-corrected chi connectivity index (χ2v) is 10.7. The predicted octanol–water partition coefficient (Wildman–Crippen LogP) is 7.36. The molecule has 3 rings (SSSR count). The molecule has 0 aliphatic heterocycles. The molecular formula is C28H46O4. The summed E-state index contributed by atoms with van der Waals surface area (Å²) >= 11 is 0. The van der Waals surface area contributed by atoms with E-state index >= 15 is 0 Å². The maximum Gasteiger partial charge on any atom is 0.337 e. The van der Waals surface area contributed by atoms with Crippen LogP contribution < -0.4 is 0 Å². The van der Waals surface area contributed by atoms with E-state index in [2.05, 4.69) is 13.8 Å². The van der Waals surface area contributed by atoms with Gasteiger partial charge in [0.1, 0.15) is 5.76 Å². The summed E-state index contributed by atoms with van der Waals surface area (Å²) in [6.45, 7) is 6.27. The largest absolute Gasteiger partial charge is 0.462 e. The molecule has 32 heavy (non-hydrogen) atoms. The molecule has 2 fully saturated rings. The van der Waals surface area contributed by atoms with E-state index in [4.69, 9.17) is 9.47 Å². The van der Waals surface area contributed by atoms with Gasteiger partial charge in [0, 0.05) is 13.3 Å². The first-order valence-electron chi connectivity index (χ1n) is 13.6. The van der Waals surface area contributed by atoms with E-state index in [-0.39, 0.29) is 11.9 Å². The molecule has 0 amide bonds. The van der Waals surface area contributed by atoms with E-state index in [1.54, 1.807) is 0 Å². The summed E-state index contributed by atoms with van der Waals surface area (Å²) < 4.78 is 11.0. The lowest BCUT2D eigenvalue weighted by Crippen LogP contribution is -2.30.